The quantitative estimate of drug-likeness (QED) is 0.640. The van der Waals surface area contributed by atoms with Gasteiger partial charge in [0.1, 0.15) is 5.75 Å². The van der Waals surface area contributed by atoms with Crippen LogP contribution >= 0.6 is 0 Å². The maximum Gasteiger partial charge on any atom is 0.261 e. The van der Waals surface area contributed by atoms with Crippen molar-refractivity contribution in [1.82, 2.24) is 9.80 Å². The minimum absolute atomic E-state index is 0.0160. The van der Waals surface area contributed by atoms with Crippen LogP contribution in [0.2, 0.25) is 0 Å². The van der Waals surface area contributed by atoms with Gasteiger partial charge in [0.05, 0.1) is 25.7 Å². The summed E-state index contributed by atoms with van der Waals surface area (Å²) in [6, 6.07) is 19.5. The van der Waals surface area contributed by atoms with Crippen LogP contribution < -0.4 is 4.74 Å². The smallest absolute Gasteiger partial charge is 0.261 e. The topological polar surface area (TPSA) is 65.8 Å². The summed E-state index contributed by atoms with van der Waals surface area (Å²) >= 11 is 0. The van der Waals surface area contributed by atoms with Crippen molar-refractivity contribution in [2.45, 2.75) is 25.9 Å². The molecule has 0 bridgehead atoms. The Hall–Kier alpha value is -2.88. The van der Waals surface area contributed by atoms with Crippen molar-refractivity contribution in [3.8, 4) is 11.8 Å². The second-order valence-corrected chi connectivity index (χ2v) is 7.54. The van der Waals surface area contributed by atoms with Crippen LogP contribution in [-0.2, 0) is 22.5 Å². The average molecular weight is 408 g/mol. The highest BCUT2D eigenvalue weighted by Gasteiger charge is 2.24. The van der Waals surface area contributed by atoms with E-state index >= 15 is 0 Å². The molecule has 6 heteroatoms. The molecule has 0 saturated carbocycles. The summed E-state index contributed by atoms with van der Waals surface area (Å²) in [6.07, 6.45) is 0.364. The standard InChI is InChI=1S/C24H29N3O3/c1-20(17-26-13-15-29-16-14-26)27(18-22-5-3-2-4-6-22)24(28)19-30-23-9-7-21(8-10-23)11-12-25/h2-10,20H,11,13-19H2,1H3. The number of hydrogen-bond donors (Lipinski definition) is 0. The van der Waals surface area contributed by atoms with Crippen LogP contribution in [0.25, 0.3) is 0 Å². The van der Waals surface area contributed by atoms with Gasteiger partial charge in [0, 0.05) is 32.2 Å². The summed E-state index contributed by atoms with van der Waals surface area (Å²) in [4.78, 5) is 17.3. The van der Waals surface area contributed by atoms with Gasteiger partial charge in [-0.05, 0) is 30.2 Å². The Balaban J connectivity index is 1.63. The molecule has 0 radical (unpaired) electrons. The molecule has 3 rings (SSSR count). The first kappa shape index (κ1) is 21.8. The number of carbonyl (C=O) groups is 1. The molecule has 30 heavy (non-hydrogen) atoms. The summed E-state index contributed by atoms with van der Waals surface area (Å²) in [5.74, 6) is 0.589. The molecule has 2 aromatic carbocycles. The van der Waals surface area contributed by atoms with E-state index in [1.807, 2.05) is 47.4 Å². The molecule has 1 atom stereocenters. The zero-order valence-corrected chi connectivity index (χ0v) is 17.5. The monoisotopic (exact) mass is 407 g/mol. The fraction of sp³-hybridized carbons (Fsp3) is 0.417. The molecule has 1 unspecified atom stereocenters. The van der Waals surface area contributed by atoms with Crippen LogP contribution in [-0.4, -0.2) is 61.2 Å². The van der Waals surface area contributed by atoms with Crippen molar-refractivity contribution >= 4 is 5.91 Å². The Morgan fingerprint density at radius 2 is 1.83 bits per heavy atom. The number of rotatable bonds is 9. The summed E-state index contributed by atoms with van der Waals surface area (Å²) in [5.41, 5.74) is 2.03. The molecular weight excluding hydrogens is 378 g/mol. The molecule has 6 nitrogen and oxygen atoms in total. The first-order valence-electron chi connectivity index (χ1n) is 10.4. The number of amides is 1. The molecule has 1 saturated heterocycles. The van der Waals surface area contributed by atoms with E-state index in [1.165, 1.54) is 0 Å². The van der Waals surface area contributed by atoms with Crippen LogP contribution in [0.5, 0.6) is 5.75 Å². The zero-order chi connectivity index (χ0) is 21.2. The van der Waals surface area contributed by atoms with Crippen molar-refractivity contribution in [3.63, 3.8) is 0 Å². The van der Waals surface area contributed by atoms with Crippen molar-refractivity contribution in [3.05, 3.63) is 65.7 Å². The lowest BCUT2D eigenvalue weighted by atomic mass is 10.1. The summed E-state index contributed by atoms with van der Waals surface area (Å²) in [5, 5.41) is 8.78. The van der Waals surface area contributed by atoms with Gasteiger partial charge >= 0.3 is 0 Å². The van der Waals surface area contributed by atoms with E-state index in [-0.39, 0.29) is 18.6 Å². The third-order valence-corrected chi connectivity index (χ3v) is 5.24. The molecule has 1 heterocycles. The number of nitrogens with zero attached hydrogens (tertiary/aromatic N) is 3. The number of ether oxygens (including phenoxy) is 2. The van der Waals surface area contributed by atoms with Crippen LogP contribution in [0.1, 0.15) is 18.1 Å². The van der Waals surface area contributed by atoms with Gasteiger partial charge < -0.3 is 14.4 Å². The molecule has 0 aromatic heterocycles. The maximum absolute atomic E-state index is 13.1. The van der Waals surface area contributed by atoms with E-state index in [1.54, 1.807) is 12.1 Å². The molecule has 158 valence electrons. The summed E-state index contributed by atoms with van der Waals surface area (Å²) in [6.45, 7) is 6.70. The molecule has 1 amide bonds. The van der Waals surface area contributed by atoms with E-state index < -0.39 is 0 Å². The minimum Gasteiger partial charge on any atom is -0.484 e. The molecule has 2 aromatic rings. The lowest BCUT2D eigenvalue weighted by Gasteiger charge is -2.35. The number of hydrogen-bond acceptors (Lipinski definition) is 5. The van der Waals surface area contributed by atoms with Gasteiger partial charge in [-0.1, -0.05) is 42.5 Å². The molecular formula is C24H29N3O3. The van der Waals surface area contributed by atoms with Crippen LogP contribution in [0, 0.1) is 11.3 Å². The van der Waals surface area contributed by atoms with Crippen molar-refractivity contribution < 1.29 is 14.3 Å². The third-order valence-electron chi connectivity index (χ3n) is 5.24. The third kappa shape index (κ3) is 6.58. The second-order valence-electron chi connectivity index (χ2n) is 7.54. The Kier molecular flexibility index (Phi) is 8.25. The predicted molar refractivity (Wildman–Crippen MR) is 115 cm³/mol. The Morgan fingerprint density at radius 1 is 1.13 bits per heavy atom. The number of benzene rings is 2. The van der Waals surface area contributed by atoms with Gasteiger partial charge in [0.15, 0.2) is 6.61 Å². The number of carbonyl (C=O) groups excluding carboxylic acids is 1. The molecule has 1 aliphatic rings. The fourth-order valence-electron chi connectivity index (χ4n) is 3.55. The van der Waals surface area contributed by atoms with Gasteiger partial charge in [-0.2, -0.15) is 5.26 Å². The molecule has 0 N–H and O–H groups in total. The lowest BCUT2D eigenvalue weighted by molar-refractivity contribution is -0.136. The predicted octanol–water partition coefficient (Wildman–Crippen LogP) is 2.88. The van der Waals surface area contributed by atoms with E-state index in [9.17, 15) is 4.79 Å². The highest BCUT2D eigenvalue weighted by Crippen LogP contribution is 2.15. The van der Waals surface area contributed by atoms with Crippen LogP contribution in [0.15, 0.2) is 54.6 Å². The maximum atomic E-state index is 13.1. The van der Waals surface area contributed by atoms with Crippen LogP contribution in [0.4, 0.5) is 0 Å². The second kappa shape index (κ2) is 11.3. The first-order chi connectivity index (χ1) is 14.7. The number of nitriles is 1. The Bertz CT molecular complexity index is 827. The van der Waals surface area contributed by atoms with E-state index in [4.69, 9.17) is 14.7 Å². The highest BCUT2D eigenvalue weighted by atomic mass is 16.5. The highest BCUT2D eigenvalue weighted by molar-refractivity contribution is 5.78. The molecule has 1 fully saturated rings. The SMILES string of the molecule is CC(CN1CCOCC1)N(Cc1ccccc1)C(=O)COc1ccc(CC#N)cc1. The first-order valence-corrected chi connectivity index (χ1v) is 10.4. The van der Waals surface area contributed by atoms with Gasteiger partial charge in [-0.3, -0.25) is 9.69 Å². The van der Waals surface area contributed by atoms with Gasteiger partial charge in [0.25, 0.3) is 5.91 Å². The normalized spacial score (nSPS) is 15.2. The molecule has 0 spiro atoms. The minimum atomic E-state index is -0.0410. The van der Waals surface area contributed by atoms with Crippen molar-refractivity contribution in [2.24, 2.45) is 0 Å². The lowest BCUT2D eigenvalue weighted by Crippen LogP contribution is -2.49. The largest absolute Gasteiger partial charge is 0.484 e. The van der Waals surface area contributed by atoms with Gasteiger partial charge in [-0.25, -0.2) is 0 Å². The Morgan fingerprint density at radius 3 is 2.50 bits per heavy atom. The van der Waals surface area contributed by atoms with Crippen molar-refractivity contribution in [1.29, 1.82) is 5.26 Å². The molecule has 1 aliphatic heterocycles. The summed E-state index contributed by atoms with van der Waals surface area (Å²) < 4.78 is 11.2. The van der Waals surface area contributed by atoms with E-state index in [0.29, 0.717) is 18.7 Å². The van der Waals surface area contributed by atoms with Gasteiger partial charge in [0.2, 0.25) is 0 Å². The van der Waals surface area contributed by atoms with Crippen molar-refractivity contribution in [2.75, 3.05) is 39.5 Å². The zero-order valence-electron chi connectivity index (χ0n) is 17.5. The Labute approximate surface area is 178 Å². The molecule has 0 aliphatic carbocycles. The fourth-order valence-corrected chi connectivity index (χ4v) is 3.55. The number of morpholine rings is 1. The van der Waals surface area contributed by atoms with E-state index in [2.05, 4.69) is 17.9 Å². The van der Waals surface area contributed by atoms with Crippen LogP contribution in [0.3, 0.4) is 0 Å². The van der Waals surface area contributed by atoms with E-state index in [0.717, 1.165) is 44.0 Å². The van der Waals surface area contributed by atoms with Gasteiger partial charge in [-0.15, -0.1) is 0 Å². The average Bonchev–Trinajstić information content (AvgIpc) is 2.78. The summed E-state index contributed by atoms with van der Waals surface area (Å²) in [7, 11) is 0.